The van der Waals surface area contributed by atoms with Gasteiger partial charge in [-0.25, -0.2) is 0 Å². The van der Waals surface area contributed by atoms with E-state index in [0.717, 1.165) is 32.4 Å². The van der Waals surface area contributed by atoms with E-state index in [1.807, 2.05) is 65.9 Å². The first kappa shape index (κ1) is 17.9. The highest BCUT2D eigenvalue weighted by molar-refractivity contribution is 9.10. The summed E-state index contributed by atoms with van der Waals surface area (Å²) in [5, 5.41) is 1.04. The molecular formula is C21H21BrN2O3. The van der Waals surface area contributed by atoms with Crippen LogP contribution in [-0.2, 0) is 13.6 Å². The fraction of sp³-hybridized carbons (Fsp3) is 0.286. The van der Waals surface area contributed by atoms with Gasteiger partial charge in [-0.1, -0.05) is 30.3 Å². The van der Waals surface area contributed by atoms with E-state index >= 15 is 0 Å². The molecule has 0 fully saturated rings. The van der Waals surface area contributed by atoms with Crippen molar-refractivity contribution in [2.45, 2.75) is 13.5 Å². The summed E-state index contributed by atoms with van der Waals surface area (Å²) in [4.78, 5) is 15.2. The van der Waals surface area contributed by atoms with Gasteiger partial charge in [-0.3, -0.25) is 4.79 Å². The molecule has 0 radical (unpaired) electrons. The molecule has 1 aliphatic heterocycles. The highest BCUT2D eigenvalue weighted by Gasteiger charge is 2.25. The number of hydrogen-bond acceptors (Lipinski definition) is 3. The second-order valence-corrected chi connectivity index (χ2v) is 7.29. The van der Waals surface area contributed by atoms with Gasteiger partial charge >= 0.3 is 0 Å². The van der Waals surface area contributed by atoms with Crippen LogP contribution in [0, 0.1) is 0 Å². The third kappa shape index (κ3) is 3.08. The summed E-state index contributed by atoms with van der Waals surface area (Å²) in [5.41, 5.74) is 2.63. The summed E-state index contributed by atoms with van der Waals surface area (Å²) < 4.78 is 14.2. The molecule has 140 valence electrons. The normalized spacial score (nSPS) is 13.0. The van der Waals surface area contributed by atoms with Crippen molar-refractivity contribution in [2.24, 2.45) is 7.05 Å². The molecule has 0 bridgehead atoms. The molecule has 0 saturated carbocycles. The molecule has 2 heterocycles. The Morgan fingerprint density at radius 1 is 1.15 bits per heavy atom. The van der Waals surface area contributed by atoms with Gasteiger partial charge in [-0.2, -0.15) is 0 Å². The highest BCUT2D eigenvalue weighted by Crippen LogP contribution is 2.35. The fourth-order valence-electron chi connectivity index (χ4n) is 3.53. The predicted octanol–water partition coefficient (Wildman–Crippen LogP) is 4.37. The maximum atomic E-state index is 13.4. The minimum atomic E-state index is -0.0163. The van der Waals surface area contributed by atoms with Crippen LogP contribution in [0.15, 0.2) is 46.9 Å². The van der Waals surface area contributed by atoms with E-state index < -0.39 is 0 Å². The SMILES string of the molecule is CCN(Cc1cccc2c1OCCO2)C(=O)c1c(Br)c2ccccc2n1C. The lowest BCUT2D eigenvalue weighted by Gasteiger charge is -2.25. The third-order valence-corrected chi connectivity index (χ3v) is 5.73. The number of benzene rings is 2. The number of amides is 1. The van der Waals surface area contributed by atoms with Crippen LogP contribution in [0.2, 0.25) is 0 Å². The lowest BCUT2D eigenvalue weighted by molar-refractivity contribution is 0.0739. The number of carbonyl (C=O) groups excluding carboxylic acids is 1. The second-order valence-electron chi connectivity index (χ2n) is 6.50. The maximum Gasteiger partial charge on any atom is 0.271 e. The van der Waals surface area contributed by atoms with Gasteiger partial charge in [0, 0.05) is 36.6 Å². The van der Waals surface area contributed by atoms with Gasteiger partial charge in [-0.15, -0.1) is 0 Å². The minimum Gasteiger partial charge on any atom is -0.486 e. The summed E-state index contributed by atoms with van der Waals surface area (Å²) in [5.74, 6) is 1.47. The molecule has 4 rings (SSSR count). The predicted molar refractivity (Wildman–Crippen MR) is 108 cm³/mol. The number of hydrogen-bond donors (Lipinski definition) is 0. The number of ether oxygens (including phenoxy) is 2. The number of aryl methyl sites for hydroxylation is 1. The molecule has 1 aliphatic rings. The Hall–Kier alpha value is -2.47. The molecule has 0 unspecified atom stereocenters. The van der Waals surface area contributed by atoms with Gasteiger partial charge in [0.1, 0.15) is 18.9 Å². The summed E-state index contributed by atoms with van der Waals surface area (Å²) in [7, 11) is 1.93. The molecule has 6 heteroatoms. The second kappa shape index (κ2) is 7.27. The van der Waals surface area contributed by atoms with Crippen LogP contribution < -0.4 is 9.47 Å². The van der Waals surface area contributed by atoms with Gasteiger partial charge < -0.3 is 18.9 Å². The number of para-hydroxylation sites is 2. The third-order valence-electron chi connectivity index (χ3n) is 4.93. The molecule has 0 spiro atoms. The summed E-state index contributed by atoms with van der Waals surface area (Å²) >= 11 is 3.63. The molecule has 27 heavy (non-hydrogen) atoms. The van der Waals surface area contributed by atoms with Crippen LogP contribution in [0.25, 0.3) is 10.9 Å². The van der Waals surface area contributed by atoms with Gasteiger partial charge in [0.15, 0.2) is 11.5 Å². The quantitative estimate of drug-likeness (QED) is 0.619. The van der Waals surface area contributed by atoms with E-state index in [0.29, 0.717) is 32.0 Å². The number of halogens is 1. The number of fused-ring (bicyclic) bond motifs is 2. The molecule has 0 N–H and O–H groups in total. The van der Waals surface area contributed by atoms with Gasteiger partial charge in [0.25, 0.3) is 5.91 Å². The standard InChI is InChI=1S/C21H21BrN2O3/c1-3-24(13-14-7-6-10-17-20(14)27-12-11-26-17)21(25)19-18(22)15-8-4-5-9-16(15)23(19)2/h4-10H,3,11-13H2,1-2H3. The average Bonchev–Trinajstić information content (AvgIpc) is 2.96. The Kier molecular flexibility index (Phi) is 4.83. The maximum absolute atomic E-state index is 13.4. The number of rotatable bonds is 4. The van der Waals surface area contributed by atoms with Crippen molar-refractivity contribution in [3.63, 3.8) is 0 Å². The lowest BCUT2D eigenvalue weighted by atomic mass is 10.1. The molecule has 5 nitrogen and oxygen atoms in total. The van der Waals surface area contributed by atoms with Crippen molar-refractivity contribution in [3.05, 3.63) is 58.2 Å². The van der Waals surface area contributed by atoms with Gasteiger partial charge in [0.05, 0.1) is 4.47 Å². The minimum absolute atomic E-state index is 0.0163. The summed E-state index contributed by atoms with van der Waals surface area (Å²) in [6.45, 7) is 4.13. The highest BCUT2D eigenvalue weighted by atomic mass is 79.9. The van der Waals surface area contributed by atoms with Crippen molar-refractivity contribution in [1.82, 2.24) is 9.47 Å². The van der Waals surface area contributed by atoms with Crippen molar-refractivity contribution >= 4 is 32.7 Å². The van der Waals surface area contributed by atoms with E-state index in [4.69, 9.17) is 9.47 Å². The molecule has 2 aromatic carbocycles. The first-order valence-electron chi connectivity index (χ1n) is 9.01. The van der Waals surface area contributed by atoms with Crippen molar-refractivity contribution in [1.29, 1.82) is 0 Å². The zero-order valence-corrected chi connectivity index (χ0v) is 17.0. The topological polar surface area (TPSA) is 43.7 Å². The number of nitrogens with zero attached hydrogens (tertiary/aromatic N) is 2. The van der Waals surface area contributed by atoms with Crippen molar-refractivity contribution in [3.8, 4) is 11.5 Å². The molecular weight excluding hydrogens is 408 g/mol. The Morgan fingerprint density at radius 3 is 2.70 bits per heavy atom. The largest absolute Gasteiger partial charge is 0.486 e. The molecule has 1 amide bonds. The zero-order valence-electron chi connectivity index (χ0n) is 15.4. The van der Waals surface area contributed by atoms with Gasteiger partial charge in [0.2, 0.25) is 0 Å². The average molecular weight is 429 g/mol. The van der Waals surface area contributed by atoms with E-state index in [-0.39, 0.29) is 5.91 Å². The van der Waals surface area contributed by atoms with Crippen LogP contribution in [0.3, 0.4) is 0 Å². The van der Waals surface area contributed by atoms with Crippen LogP contribution >= 0.6 is 15.9 Å². The first-order chi connectivity index (χ1) is 13.1. The summed E-state index contributed by atoms with van der Waals surface area (Å²) in [6, 6.07) is 13.8. The van der Waals surface area contributed by atoms with Crippen LogP contribution in [0.5, 0.6) is 11.5 Å². The smallest absolute Gasteiger partial charge is 0.271 e. The Morgan fingerprint density at radius 2 is 1.93 bits per heavy atom. The number of carbonyl (C=O) groups is 1. The van der Waals surface area contributed by atoms with Crippen LogP contribution in [0.4, 0.5) is 0 Å². The van der Waals surface area contributed by atoms with Crippen molar-refractivity contribution < 1.29 is 14.3 Å². The van der Waals surface area contributed by atoms with E-state index in [1.165, 1.54) is 0 Å². The van der Waals surface area contributed by atoms with E-state index in [1.54, 1.807) is 0 Å². The molecule has 1 aromatic heterocycles. The Bertz CT molecular complexity index is 973. The fourth-order valence-corrected chi connectivity index (χ4v) is 4.30. The first-order valence-corrected chi connectivity index (χ1v) is 9.80. The Balaban J connectivity index is 1.69. The number of aromatic nitrogens is 1. The molecule has 0 saturated heterocycles. The van der Waals surface area contributed by atoms with Crippen LogP contribution in [0.1, 0.15) is 23.0 Å². The molecule has 0 aliphatic carbocycles. The van der Waals surface area contributed by atoms with E-state index in [9.17, 15) is 4.79 Å². The Labute approximate surface area is 166 Å². The monoisotopic (exact) mass is 428 g/mol. The van der Waals surface area contributed by atoms with Crippen LogP contribution in [-0.4, -0.2) is 35.1 Å². The lowest BCUT2D eigenvalue weighted by Crippen LogP contribution is -2.32. The molecule has 0 atom stereocenters. The summed E-state index contributed by atoms with van der Waals surface area (Å²) in [6.07, 6.45) is 0. The van der Waals surface area contributed by atoms with Gasteiger partial charge in [-0.05, 0) is 35.0 Å². The molecule has 3 aromatic rings. The zero-order chi connectivity index (χ0) is 19.0. The van der Waals surface area contributed by atoms with Crippen molar-refractivity contribution in [2.75, 3.05) is 19.8 Å². The van der Waals surface area contributed by atoms with E-state index in [2.05, 4.69) is 15.9 Å².